The standard InChI is InChI=1S/C16H20N2O/c1-3-11-18-12-10-17-16(18)15(19)14(4-2)13-8-6-5-7-9-13/h5-10,12,14H,3-4,11H2,1-2H3. The van der Waals surface area contributed by atoms with Crippen LogP contribution >= 0.6 is 0 Å². The van der Waals surface area contributed by atoms with Gasteiger partial charge in [-0.15, -0.1) is 0 Å². The van der Waals surface area contributed by atoms with Crippen LogP contribution in [0.2, 0.25) is 0 Å². The minimum atomic E-state index is -0.0980. The van der Waals surface area contributed by atoms with Crippen LogP contribution in [0.1, 0.15) is 48.8 Å². The molecule has 0 fully saturated rings. The minimum absolute atomic E-state index is 0.0980. The molecular formula is C16H20N2O. The quantitative estimate of drug-likeness (QED) is 0.739. The van der Waals surface area contributed by atoms with E-state index in [-0.39, 0.29) is 11.7 Å². The summed E-state index contributed by atoms with van der Waals surface area (Å²) in [6, 6.07) is 9.95. The molecule has 0 saturated heterocycles. The van der Waals surface area contributed by atoms with E-state index in [1.807, 2.05) is 48.0 Å². The molecule has 1 unspecified atom stereocenters. The van der Waals surface area contributed by atoms with Crippen molar-refractivity contribution >= 4 is 5.78 Å². The molecule has 0 amide bonds. The Kier molecular flexibility index (Phi) is 4.50. The van der Waals surface area contributed by atoms with Crippen LogP contribution in [0.25, 0.3) is 0 Å². The van der Waals surface area contributed by atoms with E-state index in [4.69, 9.17) is 0 Å². The van der Waals surface area contributed by atoms with Crippen molar-refractivity contribution in [1.29, 1.82) is 0 Å². The Bertz CT molecular complexity index is 531. The number of hydrogen-bond acceptors (Lipinski definition) is 2. The molecule has 0 spiro atoms. The Morgan fingerprint density at radius 1 is 1.26 bits per heavy atom. The van der Waals surface area contributed by atoms with Gasteiger partial charge in [-0.05, 0) is 18.4 Å². The predicted octanol–water partition coefficient (Wildman–Crippen LogP) is 3.67. The molecule has 0 aliphatic heterocycles. The summed E-state index contributed by atoms with van der Waals surface area (Å²) in [6.45, 7) is 4.98. The highest BCUT2D eigenvalue weighted by molar-refractivity contribution is 5.98. The number of aryl methyl sites for hydroxylation is 1. The second kappa shape index (κ2) is 6.32. The van der Waals surface area contributed by atoms with Crippen LogP contribution in [0, 0.1) is 0 Å². The molecule has 0 N–H and O–H groups in total. The summed E-state index contributed by atoms with van der Waals surface area (Å²) in [7, 11) is 0. The van der Waals surface area contributed by atoms with E-state index in [9.17, 15) is 4.79 Å². The van der Waals surface area contributed by atoms with E-state index < -0.39 is 0 Å². The van der Waals surface area contributed by atoms with E-state index >= 15 is 0 Å². The third-order valence-electron chi connectivity index (χ3n) is 3.33. The van der Waals surface area contributed by atoms with Gasteiger partial charge in [-0.2, -0.15) is 0 Å². The molecule has 1 atom stereocenters. The largest absolute Gasteiger partial charge is 0.329 e. The van der Waals surface area contributed by atoms with Crippen LogP contribution in [-0.2, 0) is 6.54 Å². The van der Waals surface area contributed by atoms with Crippen molar-refractivity contribution in [1.82, 2.24) is 9.55 Å². The summed E-state index contributed by atoms with van der Waals surface area (Å²) < 4.78 is 1.95. The zero-order valence-electron chi connectivity index (χ0n) is 11.5. The van der Waals surface area contributed by atoms with Gasteiger partial charge in [-0.25, -0.2) is 4.98 Å². The number of nitrogens with zero attached hydrogens (tertiary/aromatic N) is 2. The lowest BCUT2D eigenvalue weighted by Gasteiger charge is -2.14. The van der Waals surface area contributed by atoms with Crippen LogP contribution in [0.5, 0.6) is 0 Å². The average Bonchev–Trinajstić information content (AvgIpc) is 2.89. The van der Waals surface area contributed by atoms with Crippen molar-refractivity contribution in [2.45, 2.75) is 39.2 Å². The van der Waals surface area contributed by atoms with E-state index in [0.717, 1.165) is 24.9 Å². The normalized spacial score (nSPS) is 12.3. The lowest BCUT2D eigenvalue weighted by Crippen LogP contribution is -2.17. The van der Waals surface area contributed by atoms with Gasteiger partial charge in [0.05, 0.1) is 5.92 Å². The molecular weight excluding hydrogens is 236 g/mol. The average molecular weight is 256 g/mol. The van der Waals surface area contributed by atoms with Crippen LogP contribution in [0.4, 0.5) is 0 Å². The third kappa shape index (κ3) is 2.92. The number of Topliss-reactive ketones (excluding diaryl/α,β-unsaturated/α-hetero) is 1. The highest BCUT2D eigenvalue weighted by atomic mass is 16.1. The van der Waals surface area contributed by atoms with Gasteiger partial charge in [-0.1, -0.05) is 44.2 Å². The summed E-state index contributed by atoms with van der Waals surface area (Å²) in [5.41, 5.74) is 1.07. The Labute approximate surface area is 114 Å². The van der Waals surface area contributed by atoms with E-state index in [0.29, 0.717) is 5.82 Å². The third-order valence-corrected chi connectivity index (χ3v) is 3.33. The summed E-state index contributed by atoms with van der Waals surface area (Å²) in [5, 5.41) is 0. The number of aromatic nitrogens is 2. The first kappa shape index (κ1) is 13.5. The number of imidazole rings is 1. The number of ketones is 1. The first-order chi connectivity index (χ1) is 9.27. The first-order valence-electron chi connectivity index (χ1n) is 6.88. The zero-order chi connectivity index (χ0) is 13.7. The SMILES string of the molecule is CCCn1ccnc1C(=O)C(CC)c1ccccc1. The van der Waals surface area contributed by atoms with Gasteiger partial charge < -0.3 is 4.57 Å². The number of carbonyl (C=O) groups excluding carboxylic acids is 1. The predicted molar refractivity (Wildman–Crippen MR) is 76.3 cm³/mol. The van der Waals surface area contributed by atoms with Crippen molar-refractivity contribution in [2.24, 2.45) is 0 Å². The highest BCUT2D eigenvalue weighted by Gasteiger charge is 2.23. The summed E-state index contributed by atoms with van der Waals surface area (Å²) in [4.78, 5) is 16.9. The van der Waals surface area contributed by atoms with Gasteiger partial charge in [-0.3, -0.25) is 4.79 Å². The summed E-state index contributed by atoms with van der Waals surface area (Å²) in [5.74, 6) is 0.601. The summed E-state index contributed by atoms with van der Waals surface area (Å²) >= 11 is 0. The highest BCUT2D eigenvalue weighted by Crippen LogP contribution is 2.23. The molecule has 0 saturated carbocycles. The Hall–Kier alpha value is -1.90. The minimum Gasteiger partial charge on any atom is -0.329 e. The van der Waals surface area contributed by atoms with Crippen molar-refractivity contribution in [3.05, 3.63) is 54.1 Å². The maximum absolute atomic E-state index is 12.6. The van der Waals surface area contributed by atoms with Gasteiger partial charge in [0.1, 0.15) is 0 Å². The number of carbonyl (C=O) groups is 1. The Morgan fingerprint density at radius 3 is 2.63 bits per heavy atom. The number of benzene rings is 1. The fraction of sp³-hybridized carbons (Fsp3) is 0.375. The molecule has 1 aromatic heterocycles. The van der Waals surface area contributed by atoms with Crippen molar-refractivity contribution in [3.8, 4) is 0 Å². The molecule has 0 bridgehead atoms. The number of rotatable bonds is 6. The van der Waals surface area contributed by atoms with E-state index in [1.54, 1.807) is 6.20 Å². The fourth-order valence-electron chi connectivity index (χ4n) is 2.37. The maximum atomic E-state index is 12.6. The molecule has 0 radical (unpaired) electrons. The monoisotopic (exact) mass is 256 g/mol. The van der Waals surface area contributed by atoms with Crippen LogP contribution in [0.3, 0.4) is 0 Å². The van der Waals surface area contributed by atoms with Gasteiger partial charge in [0.2, 0.25) is 5.78 Å². The van der Waals surface area contributed by atoms with Gasteiger partial charge in [0, 0.05) is 18.9 Å². The molecule has 0 aliphatic carbocycles. The zero-order valence-corrected chi connectivity index (χ0v) is 11.5. The molecule has 3 nitrogen and oxygen atoms in total. The Balaban J connectivity index is 2.28. The van der Waals surface area contributed by atoms with Crippen LogP contribution < -0.4 is 0 Å². The topological polar surface area (TPSA) is 34.9 Å². The van der Waals surface area contributed by atoms with Crippen molar-refractivity contribution in [3.63, 3.8) is 0 Å². The van der Waals surface area contributed by atoms with Crippen LogP contribution in [-0.4, -0.2) is 15.3 Å². The molecule has 2 rings (SSSR count). The fourth-order valence-corrected chi connectivity index (χ4v) is 2.37. The molecule has 1 heterocycles. The van der Waals surface area contributed by atoms with E-state index in [1.165, 1.54) is 0 Å². The van der Waals surface area contributed by atoms with Crippen LogP contribution in [0.15, 0.2) is 42.7 Å². The Morgan fingerprint density at radius 2 is 2.00 bits per heavy atom. The lowest BCUT2D eigenvalue weighted by atomic mass is 9.92. The van der Waals surface area contributed by atoms with Crippen molar-refractivity contribution in [2.75, 3.05) is 0 Å². The van der Waals surface area contributed by atoms with E-state index in [2.05, 4.69) is 11.9 Å². The van der Waals surface area contributed by atoms with Gasteiger partial charge in [0.15, 0.2) is 5.82 Å². The maximum Gasteiger partial charge on any atom is 0.205 e. The molecule has 0 aliphatic rings. The summed E-state index contributed by atoms with van der Waals surface area (Å²) in [6.07, 6.45) is 5.38. The smallest absolute Gasteiger partial charge is 0.205 e. The molecule has 100 valence electrons. The second-order valence-electron chi connectivity index (χ2n) is 4.68. The van der Waals surface area contributed by atoms with Crippen molar-refractivity contribution < 1.29 is 4.79 Å². The van der Waals surface area contributed by atoms with Gasteiger partial charge in [0.25, 0.3) is 0 Å². The second-order valence-corrected chi connectivity index (χ2v) is 4.68. The molecule has 3 heteroatoms. The molecule has 1 aromatic carbocycles. The molecule has 2 aromatic rings. The number of hydrogen-bond donors (Lipinski definition) is 0. The van der Waals surface area contributed by atoms with Gasteiger partial charge >= 0.3 is 0 Å². The first-order valence-corrected chi connectivity index (χ1v) is 6.88. The molecule has 19 heavy (non-hydrogen) atoms. The lowest BCUT2D eigenvalue weighted by molar-refractivity contribution is 0.0942.